The van der Waals surface area contributed by atoms with Crippen LogP contribution in [0.25, 0.3) is 0 Å². The minimum atomic E-state index is -0.236. The van der Waals surface area contributed by atoms with Crippen molar-refractivity contribution < 1.29 is 14.3 Å². The highest BCUT2D eigenvalue weighted by molar-refractivity contribution is 7.14. The zero-order valence-electron chi connectivity index (χ0n) is 14.3. The molecule has 4 rings (SSSR count). The highest BCUT2D eigenvalue weighted by Gasteiger charge is 2.31. The van der Waals surface area contributed by atoms with Gasteiger partial charge in [-0.1, -0.05) is 5.21 Å². The molecule has 0 radical (unpaired) electrons. The molecule has 9 heteroatoms. The van der Waals surface area contributed by atoms with E-state index in [0.29, 0.717) is 18.1 Å². The van der Waals surface area contributed by atoms with Gasteiger partial charge < -0.3 is 15.4 Å². The number of carbonyl (C=O) groups excluding carboxylic acids is 2. The van der Waals surface area contributed by atoms with Crippen molar-refractivity contribution in [1.29, 1.82) is 0 Å². The van der Waals surface area contributed by atoms with Crippen molar-refractivity contribution in [2.45, 2.75) is 37.8 Å². The normalized spacial score (nSPS) is 22.0. The summed E-state index contributed by atoms with van der Waals surface area (Å²) in [5.74, 6) is -0.421. The smallest absolute Gasteiger partial charge is 0.261 e. The number of ether oxygens (including phenoxy) is 1. The Hall–Kier alpha value is -2.26. The van der Waals surface area contributed by atoms with Crippen LogP contribution in [-0.2, 0) is 22.4 Å². The maximum Gasteiger partial charge on any atom is 0.261 e. The van der Waals surface area contributed by atoms with Crippen molar-refractivity contribution >= 4 is 23.2 Å². The van der Waals surface area contributed by atoms with Gasteiger partial charge in [-0.15, -0.1) is 16.4 Å². The molecule has 0 bridgehead atoms. The van der Waals surface area contributed by atoms with Gasteiger partial charge in [-0.3, -0.25) is 9.59 Å². The Morgan fingerprint density at radius 1 is 1.31 bits per heavy atom. The third-order valence-electron chi connectivity index (χ3n) is 4.81. The fourth-order valence-electron chi connectivity index (χ4n) is 3.44. The van der Waals surface area contributed by atoms with E-state index in [1.54, 1.807) is 28.4 Å². The molecule has 2 amide bonds. The molecule has 1 aliphatic heterocycles. The topological polar surface area (TPSA) is 98.1 Å². The van der Waals surface area contributed by atoms with Crippen LogP contribution >= 0.6 is 11.3 Å². The average Bonchev–Trinajstić information content (AvgIpc) is 3.38. The minimum Gasteiger partial charge on any atom is -0.377 e. The number of hydrogen-bond donors (Lipinski definition) is 2. The summed E-state index contributed by atoms with van der Waals surface area (Å²) >= 11 is 1.54. The second-order valence-corrected chi connectivity index (χ2v) is 7.75. The summed E-state index contributed by atoms with van der Waals surface area (Å²) in [6.45, 7) is 0.839. The fraction of sp³-hybridized carbons (Fsp3) is 0.529. The molecule has 2 atom stereocenters. The van der Waals surface area contributed by atoms with E-state index in [0.717, 1.165) is 12.8 Å². The van der Waals surface area contributed by atoms with Crippen molar-refractivity contribution in [2.75, 3.05) is 19.8 Å². The summed E-state index contributed by atoms with van der Waals surface area (Å²) in [7, 11) is 0. The van der Waals surface area contributed by atoms with Gasteiger partial charge in [0.15, 0.2) is 0 Å². The van der Waals surface area contributed by atoms with E-state index in [2.05, 4.69) is 20.9 Å². The molecule has 0 unspecified atom stereocenters. The van der Waals surface area contributed by atoms with E-state index in [1.165, 1.54) is 23.3 Å². The number of hydrogen-bond acceptors (Lipinski definition) is 6. The van der Waals surface area contributed by atoms with Gasteiger partial charge in [0.2, 0.25) is 5.91 Å². The zero-order valence-corrected chi connectivity index (χ0v) is 15.1. The molecule has 3 heterocycles. The van der Waals surface area contributed by atoms with Gasteiger partial charge in [0.1, 0.15) is 0 Å². The van der Waals surface area contributed by atoms with Crippen LogP contribution < -0.4 is 10.6 Å². The number of aromatic nitrogens is 3. The Morgan fingerprint density at radius 3 is 3.00 bits per heavy atom. The standard InChI is InChI=1S/C17H21N5O3S/c23-16(20-12-9-25-10-13(12)22-6-5-19-21-22)8-18-17(24)15-7-11-3-1-2-4-14(11)26-15/h5-7,12-13H,1-4,8-10H2,(H,18,24)(H,20,23)/t12-,13+/m0/s1. The number of thiophene rings is 1. The molecule has 138 valence electrons. The zero-order chi connectivity index (χ0) is 17.9. The van der Waals surface area contributed by atoms with Gasteiger partial charge in [0.05, 0.1) is 42.9 Å². The van der Waals surface area contributed by atoms with Crippen LogP contribution in [0.3, 0.4) is 0 Å². The molecule has 8 nitrogen and oxygen atoms in total. The lowest BCUT2D eigenvalue weighted by molar-refractivity contribution is -0.121. The molecule has 1 saturated heterocycles. The quantitative estimate of drug-likeness (QED) is 0.802. The fourth-order valence-corrected chi connectivity index (χ4v) is 4.61. The van der Waals surface area contributed by atoms with Crippen molar-refractivity contribution in [2.24, 2.45) is 0 Å². The van der Waals surface area contributed by atoms with Crippen molar-refractivity contribution in [3.05, 3.63) is 33.8 Å². The molecule has 0 spiro atoms. The lowest BCUT2D eigenvalue weighted by atomic mass is 9.99. The van der Waals surface area contributed by atoms with Gasteiger partial charge in [-0.25, -0.2) is 4.68 Å². The number of aryl methyl sites for hydroxylation is 2. The Kier molecular flexibility index (Phi) is 4.98. The molecule has 2 N–H and O–H groups in total. The lowest BCUT2D eigenvalue weighted by Crippen LogP contribution is -2.45. The molecule has 1 aliphatic carbocycles. The summed E-state index contributed by atoms with van der Waals surface area (Å²) in [6, 6.07) is 1.70. The molecular formula is C17H21N5O3S. The molecule has 1 fully saturated rings. The third-order valence-corrected chi connectivity index (χ3v) is 6.04. The van der Waals surface area contributed by atoms with E-state index < -0.39 is 0 Å². The molecule has 0 saturated carbocycles. The first-order valence-corrected chi connectivity index (χ1v) is 9.65. The van der Waals surface area contributed by atoms with E-state index >= 15 is 0 Å². The van der Waals surface area contributed by atoms with Crippen molar-refractivity contribution in [3.63, 3.8) is 0 Å². The van der Waals surface area contributed by atoms with Gasteiger partial charge in [0, 0.05) is 11.1 Å². The van der Waals surface area contributed by atoms with E-state index in [4.69, 9.17) is 4.74 Å². The highest BCUT2D eigenvalue weighted by atomic mass is 32.1. The monoisotopic (exact) mass is 375 g/mol. The first kappa shape index (κ1) is 17.2. The summed E-state index contributed by atoms with van der Waals surface area (Å²) in [5, 5.41) is 13.4. The SMILES string of the molecule is O=C(CNC(=O)c1cc2c(s1)CCCC2)N[C@H]1COC[C@H]1n1ccnn1. The minimum absolute atomic E-state index is 0.0536. The highest BCUT2D eigenvalue weighted by Crippen LogP contribution is 2.29. The molecular weight excluding hydrogens is 354 g/mol. The van der Waals surface area contributed by atoms with Gasteiger partial charge in [-0.05, 0) is 37.3 Å². The number of fused-ring (bicyclic) bond motifs is 1. The second kappa shape index (κ2) is 7.55. The maximum absolute atomic E-state index is 12.3. The molecule has 2 aromatic heterocycles. The molecule has 0 aromatic carbocycles. The molecule has 2 aliphatic rings. The summed E-state index contributed by atoms with van der Waals surface area (Å²) in [6.07, 6.45) is 7.82. The Balaban J connectivity index is 1.29. The van der Waals surface area contributed by atoms with Crippen LogP contribution in [0.15, 0.2) is 18.5 Å². The number of rotatable bonds is 5. The predicted octanol–water partition coefficient (Wildman–Crippen LogP) is 0.704. The van der Waals surface area contributed by atoms with Crippen LogP contribution in [0.1, 0.15) is 39.0 Å². The summed E-state index contributed by atoms with van der Waals surface area (Å²) in [5.41, 5.74) is 1.29. The second-order valence-electron chi connectivity index (χ2n) is 6.61. The van der Waals surface area contributed by atoms with E-state index in [9.17, 15) is 9.59 Å². The molecule has 26 heavy (non-hydrogen) atoms. The van der Waals surface area contributed by atoms with Crippen molar-refractivity contribution in [3.8, 4) is 0 Å². The lowest BCUT2D eigenvalue weighted by Gasteiger charge is -2.18. The first-order chi connectivity index (χ1) is 12.7. The Morgan fingerprint density at radius 2 is 2.19 bits per heavy atom. The third kappa shape index (κ3) is 3.63. The van der Waals surface area contributed by atoms with Gasteiger partial charge in [-0.2, -0.15) is 0 Å². The summed E-state index contributed by atoms with van der Waals surface area (Å²) < 4.78 is 7.13. The van der Waals surface area contributed by atoms with Crippen LogP contribution in [0.2, 0.25) is 0 Å². The van der Waals surface area contributed by atoms with Crippen LogP contribution in [0, 0.1) is 0 Å². The van der Waals surface area contributed by atoms with E-state index in [-0.39, 0.29) is 30.4 Å². The largest absolute Gasteiger partial charge is 0.377 e. The summed E-state index contributed by atoms with van der Waals surface area (Å²) in [4.78, 5) is 26.5. The number of carbonyl (C=O) groups is 2. The van der Waals surface area contributed by atoms with Gasteiger partial charge in [0.25, 0.3) is 5.91 Å². The van der Waals surface area contributed by atoms with E-state index in [1.807, 2.05) is 6.07 Å². The number of amides is 2. The first-order valence-electron chi connectivity index (χ1n) is 8.83. The Labute approximate surface area is 154 Å². The Bertz CT molecular complexity index is 765. The van der Waals surface area contributed by atoms with Crippen LogP contribution in [-0.4, -0.2) is 52.6 Å². The average molecular weight is 375 g/mol. The van der Waals surface area contributed by atoms with Gasteiger partial charge >= 0.3 is 0 Å². The van der Waals surface area contributed by atoms with Crippen LogP contribution in [0.5, 0.6) is 0 Å². The number of nitrogens with zero attached hydrogens (tertiary/aromatic N) is 3. The molecule has 2 aromatic rings. The van der Waals surface area contributed by atoms with Crippen molar-refractivity contribution in [1.82, 2.24) is 25.6 Å². The predicted molar refractivity (Wildman–Crippen MR) is 95.1 cm³/mol. The maximum atomic E-state index is 12.3. The van der Waals surface area contributed by atoms with Crippen LogP contribution in [0.4, 0.5) is 0 Å². The number of nitrogens with one attached hydrogen (secondary N) is 2.